The van der Waals surface area contributed by atoms with E-state index in [-0.39, 0.29) is 0 Å². The van der Waals surface area contributed by atoms with E-state index in [0.29, 0.717) is 55.8 Å². The summed E-state index contributed by atoms with van der Waals surface area (Å²) in [5.74, 6) is 0.757. The van der Waals surface area contributed by atoms with E-state index in [1.807, 2.05) is 17.0 Å². The van der Waals surface area contributed by atoms with Gasteiger partial charge in [0.05, 0.1) is 25.5 Å². The van der Waals surface area contributed by atoms with E-state index >= 15 is 0 Å². The zero-order chi connectivity index (χ0) is 16.9. The quantitative estimate of drug-likeness (QED) is 0.793. The van der Waals surface area contributed by atoms with Gasteiger partial charge in [0.2, 0.25) is 0 Å². The third-order valence-electron chi connectivity index (χ3n) is 3.78. The maximum atomic E-state index is 12.4. The Labute approximate surface area is 140 Å². The van der Waals surface area contributed by atoms with Gasteiger partial charge in [0, 0.05) is 31.0 Å². The summed E-state index contributed by atoms with van der Waals surface area (Å²) in [4.78, 5) is 27.7. The van der Waals surface area contributed by atoms with Gasteiger partial charge in [-0.3, -0.25) is 4.98 Å². The molecule has 0 spiro atoms. The number of esters is 1. The second-order valence-corrected chi connectivity index (χ2v) is 5.39. The molecule has 2 aromatic heterocycles. The maximum Gasteiger partial charge on any atom is 0.343 e. The van der Waals surface area contributed by atoms with Crippen LogP contribution in [0.3, 0.4) is 0 Å². The molecule has 0 aliphatic carbocycles. The second-order valence-electron chi connectivity index (χ2n) is 5.39. The molecule has 0 amide bonds. The van der Waals surface area contributed by atoms with E-state index < -0.39 is 5.97 Å². The smallest absolute Gasteiger partial charge is 0.343 e. The summed E-state index contributed by atoms with van der Waals surface area (Å²) in [6, 6.07) is 3.73. The Morgan fingerprint density at radius 1 is 1.33 bits per heavy atom. The van der Waals surface area contributed by atoms with Gasteiger partial charge < -0.3 is 14.4 Å². The van der Waals surface area contributed by atoms with Crippen LogP contribution in [0.1, 0.15) is 23.0 Å². The normalized spacial score (nSPS) is 14.5. The number of hydrogen-bond donors (Lipinski definition) is 0. The van der Waals surface area contributed by atoms with Crippen LogP contribution in [0.15, 0.2) is 24.5 Å². The first-order valence-electron chi connectivity index (χ1n) is 7.99. The van der Waals surface area contributed by atoms with Crippen molar-refractivity contribution >= 4 is 11.8 Å². The number of carbonyl (C=O) groups excluding carboxylic acids is 1. The van der Waals surface area contributed by atoms with Gasteiger partial charge >= 0.3 is 5.97 Å². The molecule has 1 saturated heterocycles. The Balaban J connectivity index is 2.09. The van der Waals surface area contributed by atoms with Crippen LogP contribution in [0.4, 0.5) is 5.82 Å². The Morgan fingerprint density at radius 2 is 2.12 bits per heavy atom. The third kappa shape index (κ3) is 3.35. The topological polar surface area (TPSA) is 77.4 Å². The lowest BCUT2D eigenvalue weighted by molar-refractivity contribution is 0.0524. The first-order chi connectivity index (χ1) is 11.7. The number of rotatable bonds is 4. The lowest BCUT2D eigenvalue weighted by atomic mass is 10.1. The maximum absolute atomic E-state index is 12.4. The van der Waals surface area contributed by atoms with Crippen LogP contribution in [0.5, 0.6) is 0 Å². The van der Waals surface area contributed by atoms with Gasteiger partial charge in [-0.1, -0.05) is 0 Å². The number of carbonyl (C=O) groups is 1. The van der Waals surface area contributed by atoms with E-state index in [0.717, 1.165) is 5.56 Å². The van der Waals surface area contributed by atoms with Gasteiger partial charge in [0.1, 0.15) is 11.4 Å². The number of nitrogens with zero attached hydrogens (tertiary/aromatic N) is 4. The Hall–Kier alpha value is -2.54. The molecule has 0 N–H and O–H groups in total. The predicted octanol–water partition coefficient (Wildman–Crippen LogP) is 1.86. The molecular weight excluding hydrogens is 308 g/mol. The zero-order valence-electron chi connectivity index (χ0n) is 13.9. The van der Waals surface area contributed by atoms with Crippen molar-refractivity contribution in [1.82, 2.24) is 15.0 Å². The van der Waals surface area contributed by atoms with Crippen molar-refractivity contribution in [1.29, 1.82) is 0 Å². The van der Waals surface area contributed by atoms with Crippen molar-refractivity contribution in [2.45, 2.75) is 13.8 Å². The fourth-order valence-corrected chi connectivity index (χ4v) is 2.63. The van der Waals surface area contributed by atoms with Crippen LogP contribution >= 0.6 is 0 Å². The average molecular weight is 328 g/mol. The molecule has 0 atom stereocenters. The van der Waals surface area contributed by atoms with Crippen LogP contribution in [0.25, 0.3) is 11.4 Å². The number of morpholine rings is 1. The lowest BCUT2D eigenvalue weighted by Crippen LogP contribution is -2.38. The first kappa shape index (κ1) is 16.3. The molecule has 0 bridgehead atoms. The van der Waals surface area contributed by atoms with Gasteiger partial charge in [-0.2, -0.15) is 0 Å². The monoisotopic (exact) mass is 328 g/mol. The Kier molecular flexibility index (Phi) is 5.00. The minimum atomic E-state index is -0.394. The summed E-state index contributed by atoms with van der Waals surface area (Å²) in [7, 11) is 0. The predicted molar refractivity (Wildman–Crippen MR) is 89.0 cm³/mol. The van der Waals surface area contributed by atoms with Crippen molar-refractivity contribution in [2.24, 2.45) is 0 Å². The fourth-order valence-electron chi connectivity index (χ4n) is 2.63. The van der Waals surface area contributed by atoms with Crippen molar-refractivity contribution in [3.05, 3.63) is 35.8 Å². The number of pyridine rings is 1. The molecule has 1 fully saturated rings. The van der Waals surface area contributed by atoms with Crippen molar-refractivity contribution in [2.75, 3.05) is 37.8 Å². The molecule has 7 nitrogen and oxygen atoms in total. The molecule has 126 valence electrons. The standard InChI is InChI=1S/C17H20N4O3/c1-3-24-17(22)14-12(2)19-15(13-5-4-6-18-11-13)20-16(14)21-7-9-23-10-8-21/h4-6,11H,3,7-10H2,1-2H3. The van der Waals surface area contributed by atoms with E-state index in [2.05, 4.69) is 15.0 Å². The third-order valence-corrected chi connectivity index (χ3v) is 3.78. The molecular formula is C17H20N4O3. The minimum Gasteiger partial charge on any atom is -0.462 e. The molecule has 3 heterocycles. The van der Waals surface area contributed by atoms with E-state index in [4.69, 9.17) is 9.47 Å². The highest BCUT2D eigenvalue weighted by molar-refractivity contribution is 5.96. The van der Waals surface area contributed by atoms with Gasteiger partial charge in [-0.25, -0.2) is 14.8 Å². The molecule has 7 heteroatoms. The van der Waals surface area contributed by atoms with E-state index in [9.17, 15) is 4.79 Å². The van der Waals surface area contributed by atoms with Gasteiger partial charge in [-0.15, -0.1) is 0 Å². The summed E-state index contributed by atoms with van der Waals surface area (Å²) in [5.41, 5.74) is 1.83. The summed E-state index contributed by atoms with van der Waals surface area (Å²) in [6.07, 6.45) is 3.41. The summed E-state index contributed by atoms with van der Waals surface area (Å²) in [5, 5.41) is 0. The molecule has 0 unspecified atom stereocenters. The number of aryl methyl sites for hydroxylation is 1. The number of anilines is 1. The van der Waals surface area contributed by atoms with Crippen LogP contribution in [-0.4, -0.2) is 53.8 Å². The Bertz CT molecular complexity index is 715. The van der Waals surface area contributed by atoms with Crippen LogP contribution < -0.4 is 4.90 Å². The minimum absolute atomic E-state index is 0.311. The summed E-state index contributed by atoms with van der Waals surface area (Å²) < 4.78 is 10.6. The van der Waals surface area contributed by atoms with E-state index in [1.165, 1.54) is 0 Å². The number of aromatic nitrogens is 3. The number of hydrogen-bond acceptors (Lipinski definition) is 7. The van der Waals surface area contributed by atoms with Gasteiger partial charge in [0.25, 0.3) is 0 Å². The van der Waals surface area contributed by atoms with Gasteiger partial charge in [-0.05, 0) is 26.0 Å². The van der Waals surface area contributed by atoms with Crippen LogP contribution in [0, 0.1) is 6.92 Å². The molecule has 24 heavy (non-hydrogen) atoms. The molecule has 0 saturated carbocycles. The average Bonchev–Trinajstić information content (AvgIpc) is 2.62. The van der Waals surface area contributed by atoms with Crippen molar-refractivity contribution in [3.63, 3.8) is 0 Å². The molecule has 1 aliphatic heterocycles. The molecule has 2 aromatic rings. The fraction of sp³-hybridized carbons (Fsp3) is 0.412. The lowest BCUT2D eigenvalue weighted by Gasteiger charge is -2.29. The second kappa shape index (κ2) is 7.35. The van der Waals surface area contributed by atoms with E-state index in [1.54, 1.807) is 26.2 Å². The zero-order valence-corrected chi connectivity index (χ0v) is 13.9. The molecule has 3 rings (SSSR count). The highest BCUT2D eigenvalue weighted by atomic mass is 16.5. The molecule has 0 aromatic carbocycles. The Morgan fingerprint density at radius 3 is 2.79 bits per heavy atom. The van der Waals surface area contributed by atoms with Crippen molar-refractivity contribution in [3.8, 4) is 11.4 Å². The highest BCUT2D eigenvalue weighted by Gasteiger charge is 2.25. The molecule has 0 radical (unpaired) electrons. The highest BCUT2D eigenvalue weighted by Crippen LogP contribution is 2.26. The van der Waals surface area contributed by atoms with Crippen molar-refractivity contribution < 1.29 is 14.3 Å². The largest absolute Gasteiger partial charge is 0.462 e. The first-order valence-corrected chi connectivity index (χ1v) is 7.99. The SMILES string of the molecule is CCOC(=O)c1c(C)nc(-c2cccnc2)nc1N1CCOCC1. The summed E-state index contributed by atoms with van der Waals surface area (Å²) >= 11 is 0. The summed E-state index contributed by atoms with van der Waals surface area (Å²) in [6.45, 7) is 6.46. The number of ether oxygens (including phenoxy) is 2. The van der Waals surface area contributed by atoms with Gasteiger partial charge in [0.15, 0.2) is 5.82 Å². The molecule has 1 aliphatic rings. The van der Waals surface area contributed by atoms with Crippen LogP contribution in [0.2, 0.25) is 0 Å². The van der Waals surface area contributed by atoms with Crippen LogP contribution in [-0.2, 0) is 9.47 Å².